The van der Waals surface area contributed by atoms with E-state index in [-0.39, 0.29) is 6.09 Å². The van der Waals surface area contributed by atoms with Gasteiger partial charge in [0.05, 0.1) is 11.2 Å². The molecule has 0 spiro atoms. The van der Waals surface area contributed by atoms with Crippen molar-refractivity contribution in [1.29, 1.82) is 0 Å². The Morgan fingerprint density at radius 2 is 1.79 bits per heavy atom. The number of ether oxygens (including phenoxy) is 2. The van der Waals surface area contributed by atoms with Crippen molar-refractivity contribution in [3.8, 4) is 5.75 Å². The number of aromatic nitrogens is 1. The van der Waals surface area contributed by atoms with Gasteiger partial charge in [-0.2, -0.15) is 0 Å². The van der Waals surface area contributed by atoms with E-state index in [1.807, 2.05) is 59.9 Å². The van der Waals surface area contributed by atoms with Gasteiger partial charge in [0.1, 0.15) is 17.1 Å². The van der Waals surface area contributed by atoms with E-state index in [1.165, 1.54) is 0 Å². The van der Waals surface area contributed by atoms with Gasteiger partial charge in [0, 0.05) is 43.3 Å². The lowest BCUT2D eigenvalue weighted by atomic mass is 10.1. The maximum absolute atomic E-state index is 12.4. The van der Waals surface area contributed by atoms with E-state index in [1.54, 1.807) is 23.1 Å². The second-order valence-corrected chi connectivity index (χ2v) is 8.51. The number of carbonyl (C=O) groups is 1. The number of fused-ring (bicyclic) bond motifs is 1. The third kappa shape index (κ3) is 6.60. The van der Waals surface area contributed by atoms with Gasteiger partial charge in [-0.25, -0.2) is 4.79 Å². The molecule has 0 saturated carbocycles. The fourth-order valence-electron chi connectivity index (χ4n) is 3.51. The number of nitrogens with zero attached hydrogens (tertiary/aromatic N) is 3. The largest absolute Gasteiger partial charge is 0.456 e. The number of aryl methyl sites for hydroxylation is 1. The average molecular weight is 452 g/mol. The molecule has 1 aliphatic rings. The summed E-state index contributed by atoms with van der Waals surface area (Å²) >= 11 is 0. The summed E-state index contributed by atoms with van der Waals surface area (Å²) in [5, 5.41) is 0.934. The molecule has 3 rings (SSSR count). The Kier molecular flexibility index (Phi) is 9.09. The predicted octanol–water partition coefficient (Wildman–Crippen LogP) is 6.26. The van der Waals surface area contributed by atoms with Crippen molar-refractivity contribution >= 4 is 22.7 Å². The molecule has 1 aromatic carbocycles. The molecule has 0 bridgehead atoms. The highest BCUT2D eigenvalue weighted by atomic mass is 16.6. The summed E-state index contributed by atoms with van der Waals surface area (Å²) in [4.78, 5) is 21.1. The molecule has 0 radical (unpaired) electrons. The van der Waals surface area contributed by atoms with Crippen LogP contribution < -0.4 is 9.64 Å². The lowest BCUT2D eigenvalue weighted by Crippen LogP contribution is -2.50. The molecule has 0 N–H and O–H groups in total. The van der Waals surface area contributed by atoms with Crippen LogP contribution in [0.4, 0.5) is 10.5 Å². The van der Waals surface area contributed by atoms with Gasteiger partial charge in [0.25, 0.3) is 0 Å². The van der Waals surface area contributed by atoms with Gasteiger partial charge in [0.15, 0.2) is 0 Å². The minimum Gasteiger partial charge on any atom is -0.456 e. The van der Waals surface area contributed by atoms with Crippen LogP contribution in [0.5, 0.6) is 5.75 Å². The van der Waals surface area contributed by atoms with Crippen LogP contribution in [-0.4, -0.2) is 47.8 Å². The number of pyridine rings is 1. The number of piperazine rings is 1. The Morgan fingerprint density at radius 1 is 1.12 bits per heavy atom. The molecule has 1 aromatic heterocycles. The van der Waals surface area contributed by atoms with Gasteiger partial charge < -0.3 is 19.3 Å². The van der Waals surface area contributed by atoms with E-state index in [9.17, 15) is 4.79 Å². The Labute approximate surface area is 198 Å². The van der Waals surface area contributed by atoms with E-state index in [0.717, 1.165) is 27.9 Å². The number of allylic oxidation sites excluding steroid dienone is 3. The van der Waals surface area contributed by atoms with Gasteiger partial charge in [-0.3, -0.25) is 4.98 Å². The predicted molar refractivity (Wildman–Crippen MR) is 137 cm³/mol. The third-order valence-corrected chi connectivity index (χ3v) is 4.98. The first-order valence-corrected chi connectivity index (χ1v) is 11.5. The number of hydrogen-bond acceptors (Lipinski definition) is 5. The highest BCUT2D eigenvalue weighted by Gasteiger charge is 2.27. The molecule has 6 heteroatoms. The Bertz CT molecular complexity index is 1010. The molecule has 33 heavy (non-hydrogen) atoms. The second kappa shape index (κ2) is 11.5. The highest BCUT2D eigenvalue weighted by molar-refractivity contribution is 5.95. The fourth-order valence-corrected chi connectivity index (χ4v) is 3.51. The van der Waals surface area contributed by atoms with Crippen molar-refractivity contribution in [2.24, 2.45) is 0 Å². The van der Waals surface area contributed by atoms with E-state index in [4.69, 9.17) is 14.5 Å². The number of para-hydroxylation sites is 1. The van der Waals surface area contributed by atoms with Crippen molar-refractivity contribution in [1.82, 2.24) is 9.88 Å². The van der Waals surface area contributed by atoms with Crippen LogP contribution in [-0.2, 0) is 4.74 Å². The highest BCUT2D eigenvalue weighted by Crippen LogP contribution is 2.35. The van der Waals surface area contributed by atoms with Gasteiger partial charge in [-0.1, -0.05) is 39.1 Å². The Hall–Kier alpha value is -3.28. The first kappa shape index (κ1) is 26.0. The topological polar surface area (TPSA) is 54.9 Å². The van der Waals surface area contributed by atoms with E-state index in [2.05, 4.69) is 24.1 Å². The Balaban J connectivity index is 0.00000187. The van der Waals surface area contributed by atoms with Crippen molar-refractivity contribution < 1.29 is 14.3 Å². The summed E-state index contributed by atoms with van der Waals surface area (Å²) in [5.41, 5.74) is 2.35. The second-order valence-electron chi connectivity index (χ2n) is 8.51. The molecule has 6 nitrogen and oxygen atoms in total. The standard InChI is InChI=1S/C25H31N3O3.C2H6/c1-7-10-19(8-2)30-23-18(3)17-26-22-20(23)11-9-12-21(22)27-13-15-28(16-14-27)24(29)31-25(4,5)6;1-2/h7-12,17H,1-2,13-16H2,3-6H3;1-2H3/b19-10+;. The van der Waals surface area contributed by atoms with Crippen LogP contribution in [0.15, 0.2) is 61.5 Å². The van der Waals surface area contributed by atoms with Crippen molar-refractivity contribution in [2.75, 3.05) is 31.1 Å². The average Bonchev–Trinajstić information content (AvgIpc) is 2.80. The quantitative estimate of drug-likeness (QED) is 0.397. The molecular formula is C27H37N3O3. The summed E-state index contributed by atoms with van der Waals surface area (Å²) in [7, 11) is 0. The van der Waals surface area contributed by atoms with Gasteiger partial charge >= 0.3 is 6.09 Å². The summed E-state index contributed by atoms with van der Waals surface area (Å²) in [6.45, 7) is 21.8. The van der Waals surface area contributed by atoms with E-state index in [0.29, 0.717) is 31.9 Å². The summed E-state index contributed by atoms with van der Waals surface area (Å²) < 4.78 is 11.6. The lowest BCUT2D eigenvalue weighted by molar-refractivity contribution is 0.0240. The maximum atomic E-state index is 12.4. The maximum Gasteiger partial charge on any atom is 0.410 e. The van der Waals surface area contributed by atoms with E-state index < -0.39 is 5.60 Å². The molecule has 1 aliphatic heterocycles. The molecule has 2 aromatic rings. The zero-order valence-corrected chi connectivity index (χ0v) is 20.9. The molecule has 0 atom stereocenters. The van der Waals surface area contributed by atoms with Gasteiger partial charge in [0.2, 0.25) is 0 Å². The van der Waals surface area contributed by atoms with Gasteiger partial charge in [-0.15, -0.1) is 0 Å². The van der Waals surface area contributed by atoms with Crippen molar-refractivity contribution in [3.05, 3.63) is 67.1 Å². The number of rotatable bonds is 5. The number of amides is 1. The molecule has 0 unspecified atom stereocenters. The first-order valence-electron chi connectivity index (χ1n) is 11.5. The molecular weight excluding hydrogens is 414 g/mol. The molecule has 178 valence electrons. The van der Waals surface area contributed by atoms with Crippen molar-refractivity contribution in [2.45, 2.75) is 47.1 Å². The monoisotopic (exact) mass is 451 g/mol. The zero-order chi connectivity index (χ0) is 24.6. The molecule has 1 fully saturated rings. The number of anilines is 1. The van der Waals surface area contributed by atoms with Crippen LogP contribution in [0.3, 0.4) is 0 Å². The SMILES string of the molecule is C=C/C=C(\C=C)Oc1c(C)cnc2c(N3CCN(C(=O)OC(C)(C)C)CC3)cccc12.CC. The Morgan fingerprint density at radius 3 is 2.36 bits per heavy atom. The smallest absolute Gasteiger partial charge is 0.410 e. The van der Waals surface area contributed by atoms with Crippen LogP contribution >= 0.6 is 0 Å². The number of benzene rings is 1. The third-order valence-electron chi connectivity index (χ3n) is 4.98. The first-order chi connectivity index (χ1) is 15.7. The minimum absolute atomic E-state index is 0.263. The number of carbonyl (C=O) groups excluding carboxylic acids is 1. The number of hydrogen-bond donors (Lipinski definition) is 0. The summed E-state index contributed by atoms with van der Waals surface area (Å²) in [6, 6.07) is 6.09. The summed E-state index contributed by atoms with van der Waals surface area (Å²) in [5.74, 6) is 1.38. The van der Waals surface area contributed by atoms with Crippen LogP contribution in [0.25, 0.3) is 10.9 Å². The van der Waals surface area contributed by atoms with Crippen LogP contribution in [0, 0.1) is 6.92 Å². The molecule has 2 heterocycles. The minimum atomic E-state index is -0.494. The molecule has 1 saturated heterocycles. The molecule has 1 amide bonds. The lowest BCUT2D eigenvalue weighted by Gasteiger charge is -2.37. The normalized spacial score (nSPS) is 14.3. The van der Waals surface area contributed by atoms with Gasteiger partial charge in [-0.05, 0) is 52.0 Å². The fraction of sp³-hybridized carbons (Fsp3) is 0.407. The van der Waals surface area contributed by atoms with Crippen molar-refractivity contribution in [3.63, 3.8) is 0 Å². The summed E-state index contributed by atoms with van der Waals surface area (Å²) in [6.07, 6.45) is 6.67. The molecule has 0 aliphatic carbocycles. The van der Waals surface area contributed by atoms with Crippen LogP contribution in [0.2, 0.25) is 0 Å². The van der Waals surface area contributed by atoms with E-state index >= 15 is 0 Å². The zero-order valence-electron chi connectivity index (χ0n) is 20.9. The van der Waals surface area contributed by atoms with Crippen LogP contribution in [0.1, 0.15) is 40.2 Å².